The van der Waals surface area contributed by atoms with Crippen LogP contribution in [0.5, 0.6) is 0 Å². The maximum Gasteiger partial charge on any atom is 0.319 e. The smallest absolute Gasteiger partial charge is 0.319 e. The lowest BCUT2D eigenvalue weighted by atomic mass is 10.1. The van der Waals surface area contributed by atoms with Crippen molar-refractivity contribution in [3.05, 3.63) is 59.7 Å². The summed E-state index contributed by atoms with van der Waals surface area (Å²) >= 11 is 0. The number of nitrogens with two attached hydrogens (primary N) is 1. The van der Waals surface area contributed by atoms with E-state index in [0.717, 1.165) is 18.2 Å². The first kappa shape index (κ1) is 17.8. The predicted molar refractivity (Wildman–Crippen MR) is 84.7 cm³/mol. The summed E-state index contributed by atoms with van der Waals surface area (Å²) in [6.45, 7) is 1.65. The average molecular weight is 355 g/mol. The summed E-state index contributed by atoms with van der Waals surface area (Å²) in [5.41, 5.74) is 0.321. The fraction of sp³-hybridized carbons (Fsp3) is 0.133. The monoisotopic (exact) mass is 355 g/mol. The molecule has 0 aliphatic carbocycles. The van der Waals surface area contributed by atoms with Crippen molar-refractivity contribution in [2.75, 3.05) is 5.32 Å². The number of hydrogen-bond donors (Lipinski definition) is 3. The number of benzene rings is 2. The quantitative estimate of drug-likeness (QED) is 0.785. The fourth-order valence-corrected chi connectivity index (χ4v) is 2.49. The molecule has 0 aliphatic heterocycles. The zero-order valence-corrected chi connectivity index (χ0v) is 13.4. The molecular formula is C15H15F2N3O3S. The van der Waals surface area contributed by atoms with Gasteiger partial charge in [-0.15, -0.1) is 0 Å². The number of anilines is 1. The van der Waals surface area contributed by atoms with E-state index in [-0.39, 0.29) is 10.6 Å². The van der Waals surface area contributed by atoms with Gasteiger partial charge in [-0.05, 0) is 36.8 Å². The van der Waals surface area contributed by atoms with Crippen LogP contribution in [0.2, 0.25) is 0 Å². The van der Waals surface area contributed by atoms with Gasteiger partial charge in [-0.2, -0.15) is 0 Å². The van der Waals surface area contributed by atoms with Crippen molar-refractivity contribution in [2.24, 2.45) is 5.14 Å². The van der Waals surface area contributed by atoms with Gasteiger partial charge in [0.05, 0.1) is 16.6 Å². The van der Waals surface area contributed by atoms with E-state index in [1.807, 2.05) is 0 Å². The van der Waals surface area contributed by atoms with Crippen molar-refractivity contribution in [3.63, 3.8) is 0 Å². The normalized spacial score (nSPS) is 12.5. The highest BCUT2D eigenvalue weighted by molar-refractivity contribution is 7.89. The van der Waals surface area contributed by atoms with Crippen molar-refractivity contribution < 1.29 is 22.0 Å². The summed E-state index contributed by atoms with van der Waals surface area (Å²) in [6, 6.07) is 7.08. The third-order valence-electron chi connectivity index (χ3n) is 3.23. The molecule has 0 saturated carbocycles. The second-order valence-electron chi connectivity index (χ2n) is 5.06. The molecule has 0 fully saturated rings. The molecule has 6 nitrogen and oxygen atoms in total. The average Bonchev–Trinajstić information content (AvgIpc) is 2.50. The third-order valence-corrected chi connectivity index (χ3v) is 4.16. The zero-order valence-electron chi connectivity index (χ0n) is 12.6. The highest BCUT2D eigenvalue weighted by Crippen LogP contribution is 2.17. The summed E-state index contributed by atoms with van der Waals surface area (Å²) in [6.07, 6.45) is 0. The molecule has 24 heavy (non-hydrogen) atoms. The van der Waals surface area contributed by atoms with Gasteiger partial charge in [-0.3, -0.25) is 0 Å². The van der Waals surface area contributed by atoms with Crippen LogP contribution in [0.1, 0.15) is 18.5 Å². The fourth-order valence-electron chi connectivity index (χ4n) is 1.98. The SMILES string of the molecule is CC(NC(=O)Nc1cc(F)ccc1F)c1ccc(S(N)(=O)=O)cc1. The van der Waals surface area contributed by atoms with Crippen molar-refractivity contribution in [1.29, 1.82) is 0 Å². The van der Waals surface area contributed by atoms with E-state index in [4.69, 9.17) is 5.14 Å². The first-order valence-corrected chi connectivity index (χ1v) is 8.37. The van der Waals surface area contributed by atoms with Gasteiger partial charge < -0.3 is 10.6 Å². The molecule has 0 aliphatic rings. The number of carbonyl (C=O) groups is 1. The Labute approximate surface area is 137 Å². The van der Waals surface area contributed by atoms with Crippen LogP contribution < -0.4 is 15.8 Å². The van der Waals surface area contributed by atoms with E-state index in [1.165, 1.54) is 24.3 Å². The Morgan fingerprint density at radius 3 is 2.33 bits per heavy atom. The van der Waals surface area contributed by atoms with E-state index in [2.05, 4.69) is 10.6 Å². The van der Waals surface area contributed by atoms with Crippen LogP contribution in [0, 0.1) is 11.6 Å². The highest BCUT2D eigenvalue weighted by Gasteiger charge is 2.13. The van der Waals surface area contributed by atoms with Gasteiger partial charge in [-0.25, -0.2) is 27.1 Å². The molecular weight excluding hydrogens is 340 g/mol. The second kappa shape index (κ2) is 6.93. The molecule has 9 heteroatoms. The van der Waals surface area contributed by atoms with Crippen molar-refractivity contribution in [2.45, 2.75) is 17.9 Å². The number of urea groups is 1. The molecule has 0 spiro atoms. The molecule has 2 aromatic rings. The highest BCUT2D eigenvalue weighted by atomic mass is 32.2. The largest absolute Gasteiger partial charge is 0.331 e. The number of sulfonamides is 1. The molecule has 1 unspecified atom stereocenters. The number of halogens is 2. The summed E-state index contributed by atoms with van der Waals surface area (Å²) in [5, 5.41) is 9.74. The number of rotatable bonds is 4. The third kappa shape index (κ3) is 4.49. The molecule has 0 aromatic heterocycles. The summed E-state index contributed by atoms with van der Waals surface area (Å²) in [5.74, 6) is -1.45. The van der Waals surface area contributed by atoms with E-state index in [1.54, 1.807) is 6.92 Å². The van der Waals surface area contributed by atoms with Gasteiger partial charge >= 0.3 is 6.03 Å². The van der Waals surface area contributed by atoms with E-state index in [9.17, 15) is 22.0 Å². The molecule has 4 N–H and O–H groups in total. The summed E-state index contributed by atoms with van der Waals surface area (Å²) in [4.78, 5) is 11.8. The minimum Gasteiger partial charge on any atom is -0.331 e. The maximum absolute atomic E-state index is 13.5. The zero-order chi connectivity index (χ0) is 17.9. The minimum absolute atomic E-state index is 0.0512. The molecule has 0 saturated heterocycles. The second-order valence-corrected chi connectivity index (χ2v) is 6.62. The van der Waals surface area contributed by atoms with Gasteiger partial charge in [0.25, 0.3) is 0 Å². The first-order valence-electron chi connectivity index (χ1n) is 6.82. The molecule has 0 radical (unpaired) electrons. The molecule has 0 heterocycles. The number of primary sulfonamides is 1. The van der Waals surface area contributed by atoms with E-state index in [0.29, 0.717) is 5.56 Å². The summed E-state index contributed by atoms with van der Waals surface area (Å²) in [7, 11) is -3.79. The number of amides is 2. The molecule has 2 aromatic carbocycles. The number of carbonyl (C=O) groups excluding carboxylic acids is 1. The number of nitrogens with one attached hydrogen (secondary N) is 2. The topological polar surface area (TPSA) is 101 Å². The van der Waals surface area contributed by atoms with Gasteiger partial charge in [0.15, 0.2) is 0 Å². The van der Waals surface area contributed by atoms with E-state index < -0.39 is 33.7 Å². The van der Waals surface area contributed by atoms with Crippen molar-refractivity contribution >= 4 is 21.7 Å². The van der Waals surface area contributed by atoms with Crippen LogP contribution in [0.4, 0.5) is 19.3 Å². The lowest BCUT2D eigenvalue weighted by Gasteiger charge is -2.15. The van der Waals surface area contributed by atoms with Crippen LogP contribution in [0.25, 0.3) is 0 Å². The molecule has 2 rings (SSSR count). The first-order chi connectivity index (χ1) is 11.2. The maximum atomic E-state index is 13.5. The molecule has 128 valence electrons. The Bertz CT molecular complexity index is 855. The Hall–Kier alpha value is -2.52. The van der Waals surface area contributed by atoms with Crippen LogP contribution in [0.3, 0.4) is 0 Å². The Morgan fingerprint density at radius 2 is 1.75 bits per heavy atom. The standard InChI is InChI=1S/C15H15F2N3O3S/c1-9(10-2-5-12(6-3-10)24(18,22)23)19-15(21)20-14-8-11(16)4-7-13(14)17/h2-9H,1H3,(H2,18,22,23)(H2,19,20,21). The van der Waals surface area contributed by atoms with Crippen LogP contribution in [-0.2, 0) is 10.0 Å². The minimum atomic E-state index is -3.79. The van der Waals surface area contributed by atoms with E-state index >= 15 is 0 Å². The van der Waals surface area contributed by atoms with Crippen LogP contribution >= 0.6 is 0 Å². The van der Waals surface area contributed by atoms with Gasteiger partial charge in [-0.1, -0.05) is 12.1 Å². The molecule has 2 amide bonds. The Morgan fingerprint density at radius 1 is 1.12 bits per heavy atom. The van der Waals surface area contributed by atoms with Crippen LogP contribution in [0.15, 0.2) is 47.4 Å². The Balaban J connectivity index is 2.05. The van der Waals surface area contributed by atoms with Crippen molar-refractivity contribution in [3.8, 4) is 0 Å². The van der Waals surface area contributed by atoms with Gasteiger partial charge in [0, 0.05) is 6.07 Å². The number of hydrogen-bond acceptors (Lipinski definition) is 3. The van der Waals surface area contributed by atoms with Gasteiger partial charge in [0.1, 0.15) is 11.6 Å². The molecule has 1 atom stereocenters. The predicted octanol–water partition coefficient (Wildman–Crippen LogP) is 2.49. The molecule has 0 bridgehead atoms. The van der Waals surface area contributed by atoms with Gasteiger partial charge in [0.2, 0.25) is 10.0 Å². The van der Waals surface area contributed by atoms with Crippen molar-refractivity contribution in [1.82, 2.24) is 5.32 Å². The lowest BCUT2D eigenvalue weighted by molar-refractivity contribution is 0.249. The van der Waals surface area contributed by atoms with Crippen LogP contribution in [-0.4, -0.2) is 14.4 Å². The summed E-state index contributed by atoms with van der Waals surface area (Å²) < 4.78 is 48.9. The Kier molecular flexibility index (Phi) is 5.15. The lowest BCUT2D eigenvalue weighted by Crippen LogP contribution is -2.31.